The molecule has 86 valence electrons. The SMILES string of the molecule is N/C(=N/O)c1cc(F)cc(CNC2CC2)c1. The van der Waals surface area contributed by atoms with Crippen LogP contribution in [0, 0.1) is 5.82 Å². The molecule has 0 amide bonds. The van der Waals surface area contributed by atoms with Gasteiger partial charge in [-0.25, -0.2) is 4.39 Å². The molecule has 0 spiro atoms. The highest BCUT2D eigenvalue weighted by atomic mass is 19.1. The third-order valence-electron chi connectivity index (χ3n) is 2.53. The number of nitrogens with one attached hydrogen (secondary N) is 1. The summed E-state index contributed by atoms with van der Waals surface area (Å²) < 4.78 is 13.2. The Morgan fingerprint density at radius 2 is 2.25 bits per heavy atom. The van der Waals surface area contributed by atoms with Crippen molar-refractivity contribution >= 4 is 5.84 Å². The van der Waals surface area contributed by atoms with Gasteiger partial charge in [0.1, 0.15) is 5.82 Å². The van der Waals surface area contributed by atoms with Crippen molar-refractivity contribution in [2.24, 2.45) is 10.9 Å². The Kier molecular flexibility index (Phi) is 3.05. The molecule has 1 saturated carbocycles. The van der Waals surface area contributed by atoms with Gasteiger partial charge in [0.05, 0.1) is 0 Å². The summed E-state index contributed by atoms with van der Waals surface area (Å²) in [6.07, 6.45) is 2.37. The van der Waals surface area contributed by atoms with Gasteiger partial charge in [-0.2, -0.15) is 0 Å². The molecule has 0 radical (unpaired) electrons. The largest absolute Gasteiger partial charge is 0.409 e. The maximum atomic E-state index is 13.2. The Morgan fingerprint density at radius 1 is 1.50 bits per heavy atom. The van der Waals surface area contributed by atoms with Gasteiger partial charge in [0.25, 0.3) is 0 Å². The molecule has 1 aliphatic rings. The fourth-order valence-corrected chi connectivity index (χ4v) is 1.51. The quantitative estimate of drug-likeness (QED) is 0.310. The first-order chi connectivity index (χ1) is 7.69. The molecule has 16 heavy (non-hydrogen) atoms. The van der Waals surface area contributed by atoms with Crippen LogP contribution in [0.3, 0.4) is 0 Å². The number of benzene rings is 1. The summed E-state index contributed by atoms with van der Waals surface area (Å²) >= 11 is 0. The smallest absolute Gasteiger partial charge is 0.170 e. The molecule has 0 bridgehead atoms. The molecule has 1 aliphatic carbocycles. The normalized spacial score (nSPS) is 16.4. The number of halogens is 1. The molecule has 5 heteroatoms. The molecule has 0 aliphatic heterocycles. The van der Waals surface area contributed by atoms with Gasteiger partial charge in [-0.1, -0.05) is 5.16 Å². The summed E-state index contributed by atoms with van der Waals surface area (Å²) in [5, 5.41) is 14.7. The number of hydrogen-bond donors (Lipinski definition) is 3. The monoisotopic (exact) mass is 223 g/mol. The molecule has 0 heterocycles. The molecule has 0 atom stereocenters. The lowest BCUT2D eigenvalue weighted by Crippen LogP contribution is -2.17. The third kappa shape index (κ3) is 2.70. The lowest BCUT2D eigenvalue weighted by Gasteiger charge is -2.06. The van der Waals surface area contributed by atoms with Crippen LogP contribution in [0.4, 0.5) is 4.39 Å². The van der Waals surface area contributed by atoms with Crippen molar-refractivity contribution in [3.05, 3.63) is 35.1 Å². The van der Waals surface area contributed by atoms with E-state index in [1.807, 2.05) is 0 Å². The van der Waals surface area contributed by atoms with Crippen LogP contribution in [-0.2, 0) is 6.54 Å². The van der Waals surface area contributed by atoms with Crippen LogP contribution in [-0.4, -0.2) is 17.1 Å². The number of hydrogen-bond acceptors (Lipinski definition) is 3. The van der Waals surface area contributed by atoms with Crippen molar-refractivity contribution in [1.82, 2.24) is 5.32 Å². The van der Waals surface area contributed by atoms with Gasteiger partial charge >= 0.3 is 0 Å². The van der Waals surface area contributed by atoms with E-state index in [-0.39, 0.29) is 11.7 Å². The number of nitrogens with two attached hydrogens (primary N) is 1. The summed E-state index contributed by atoms with van der Waals surface area (Å²) in [6.45, 7) is 0.605. The topological polar surface area (TPSA) is 70.6 Å². The second-order valence-corrected chi connectivity index (χ2v) is 3.99. The van der Waals surface area contributed by atoms with Crippen LogP contribution >= 0.6 is 0 Å². The second kappa shape index (κ2) is 4.49. The van der Waals surface area contributed by atoms with E-state index in [4.69, 9.17) is 10.9 Å². The molecule has 0 unspecified atom stereocenters. The van der Waals surface area contributed by atoms with Crippen LogP contribution < -0.4 is 11.1 Å². The summed E-state index contributed by atoms with van der Waals surface area (Å²) in [5.41, 5.74) is 6.61. The number of nitrogens with zero attached hydrogens (tertiary/aromatic N) is 1. The van der Waals surface area contributed by atoms with E-state index in [9.17, 15) is 4.39 Å². The molecule has 1 aromatic rings. The first-order valence-corrected chi connectivity index (χ1v) is 5.20. The van der Waals surface area contributed by atoms with E-state index in [0.717, 1.165) is 5.56 Å². The first-order valence-electron chi connectivity index (χ1n) is 5.20. The Hall–Kier alpha value is -1.62. The number of oxime groups is 1. The van der Waals surface area contributed by atoms with E-state index in [1.165, 1.54) is 25.0 Å². The molecule has 4 N–H and O–H groups in total. The van der Waals surface area contributed by atoms with Gasteiger partial charge in [0.2, 0.25) is 0 Å². The van der Waals surface area contributed by atoms with Gasteiger partial charge < -0.3 is 16.3 Å². The lowest BCUT2D eigenvalue weighted by atomic mass is 10.1. The van der Waals surface area contributed by atoms with Crippen LogP contribution in [0.1, 0.15) is 24.0 Å². The van der Waals surface area contributed by atoms with Crippen molar-refractivity contribution in [2.75, 3.05) is 0 Å². The third-order valence-corrected chi connectivity index (χ3v) is 2.53. The van der Waals surface area contributed by atoms with Gasteiger partial charge in [0, 0.05) is 18.2 Å². The number of rotatable bonds is 4. The fourth-order valence-electron chi connectivity index (χ4n) is 1.51. The average molecular weight is 223 g/mol. The molecule has 0 aromatic heterocycles. The Balaban J connectivity index is 2.13. The molecular formula is C11H14FN3O. The molecule has 0 saturated heterocycles. The van der Waals surface area contributed by atoms with Gasteiger partial charge in [-0.05, 0) is 36.6 Å². The fraction of sp³-hybridized carbons (Fsp3) is 0.364. The van der Waals surface area contributed by atoms with E-state index in [0.29, 0.717) is 18.2 Å². The maximum Gasteiger partial charge on any atom is 0.170 e. The minimum absolute atomic E-state index is 0.0767. The lowest BCUT2D eigenvalue weighted by molar-refractivity contribution is 0.318. The highest BCUT2D eigenvalue weighted by molar-refractivity contribution is 5.97. The zero-order valence-electron chi connectivity index (χ0n) is 8.78. The van der Waals surface area contributed by atoms with Gasteiger partial charge in [-0.15, -0.1) is 0 Å². The van der Waals surface area contributed by atoms with E-state index in [1.54, 1.807) is 6.07 Å². The summed E-state index contributed by atoms with van der Waals surface area (Å²) in [7, 11) is 0. The highest BCUT2D eigenvalue weighted by Gasteiger charge is 2.20. The summed E-state index contributed by atoms with van der Waals surface area (Å²) in [4.78, 5) is 0. The Labute approximate surface area is 92.9 Å². The van der Waals surface area contributed by atoms with Crippen molar-refractivity contribution in [3.63, 3.8) is 0 Å². The van der Waals surface area contributed by atoms with Crippen molar-refractivity contribution in [3.8, 4) is 0 Å². The van der Waals surface area contributed by atoms with Gasteiger partial charge in [0.15, 0.2) is 5.84 Å². The van der Waals surface area contributed by atoms with Crippen molar-refractivity contribution in [2.45, 2.75) is 25.4 Å². The minimum Gasteiger partial charge on any atom is -0.409 e. The molecule has 1 aromatic carbocycles. The van der Waals surface area contributed by atoms with Crippen LogP contribution in [0.2, 0.25) is 0 Å². The number of amidine groups is 1. The molecule has 2 rings (SSSR count). The standard InChI is InChI=1S/C11H14FN3O/c12-9-4-7(6-14-10-1-2-10)3-8(5-9)11(13)15-16/h3-5,10,14,16H,1-2,6H2,(H2,13,15). The van der Waals surface area contributed by atoms with E-state index in [2.05, 4.69) is 10.5 Å². The maximum absolute atomic E-state index is 13.2. The van der Waals surface area contributed by atoms with E-state index >= 15 is 0 Å². The molecule has 4 nitrogen and oxygen atoms in total. The van der Waals surface area contributed by atoms with Gasteiger partial charge in [-0.3, -0.25) is 0 Å². The zero-order chi connectivity index (χ0) is 11.5. The molecular weight excluding hydrogens is 209 g/mol. The minimum atomic E-state index is -0.378. The Bertz CT molecular complexity index is 416. The first kappa shape index (κ1) is 10.9. The Morgan fingerprint density at radius 3 is 2.88 bits per heavy atom. The van der Waals surface area contributed by atoms with E-state index < -0.39 is 0 Å². The van der Waals surface area contributed by atoms with Crippen LogP contribution in [0.15, 0.2) is 23.4 Å². The summed E-state index contributed by atoms with van der Waals surface area (Å²) in [5.74, 6) is -0.455. The second-order valence-electron chi connectivity index (χ2n) is 3.99. The van der Waals surface area contributed by atoms with Crippen molar-refractivity contribution in [1.29, 1.82) is 0 Å². The zero-order valence-corrected chi connectivity index (χ0v) is 8.78. The predicted octanol–water partition coefficient (Wildman–Crippen LogP) is 1.17. The van der Waals surface area contributed by atoms with Crippen LogP contribution in [0.25, 0.3) is 0 Å². The highest BCUT2D eigenvalue weighted by Crippen LogP contribution is 2.19. The predicted molar refractivity (Wildman–Crippen MR) is 58.8 cm³/mol. The average Bonchev–Trinajstić information content (AvgIpc) is 3.08. The molecule has 1 fully saturated rings. The van der Waals surface area contributed by atoms with Crippen LogP contribution in [0.5, 0.6) is 0 Å². The summed E-state index contributed by atoms with van der Waals surface area (Å²) in [6, 6.07) is 4.97. The van der Waals surface area contributed by atoms with Crippen molar-refractivity contribution < 1.29 is 9.60 Å².